The van der Waals surface area contributed by atoms with E-state index in [-0.39, 0.29) is 11.8 Å². The van der Waals surface area contributed by atoms with Gasteiger partial charge in [0, 0.05) is 7.05 Å². The van der Waals surface area contributed by atoms with Crippen LogP contribution < -0.4 is 5.32 Å². The predicted molar refractivity (Wildman–Crippen MR) is 45.9 cm³/mol. The van der Waals surface area contributed by atoms with Crippen LogP contribution in [0.4, 0.5) is 0 Å². The van der Waals surface area contributed by atoms with Gasteiger partial charge < -0.3 is 15.5 Å². The Kier molecular flexibility index (Phi) is 1.55. The number of carbonyl (C=O) groups is 1. The van der Waals surface area contributed by atoms with E-state index in [1.165, 1.54) is 0 Å². The van der Waals surface area contributed by atoms with Gasteiger partial charge in [-0.2, -0.15) is 0 Å². The van der Waals surface area contributed by atoms with Gasteiger partial charge in [0.25, 0.3) is 0 Å². The van der Waals surface area contributed by atoms with E-state index in [2.05, 4.69) is 5.32 Å². The molecule has 0 aromatic rings. The maximum atomic E-state index is 11.5. The molecule has 0 radical (unpaired) electrons. The van der Waals surface area contributed by atoms with Gasteiger partial charge in [-0.1, -0.05) is 0 Å². The van der Waals surface area contributed by atoms with E-state index in [9.17, 15) is 15.0 Å². The second-order valence-electron chi connectivity index (χ2n) is 4.50. The number of aliphatic hydroxyl groups excluding tert-OH is 1. The summed E-state index contributed by atoms with van der Waals surface area (Å²) in [4.78, 5) is 11.5. The Morgan fingerprint density at radius 3 is 2.54 bits per heavy atom. The molecular formula is C9H15NO3. The lowest BCUT2D eigenvalue weighted by Gasteiger charge is -2.30. The molecule has 74 valence electrons. The normalized spacial score (nSPS) is 52.9. The first-order valence-corrected chi connectivity index (χ1v) is 4.58. The van der Waals surface area contributed by atoms with Crippen molar-refractivity contribution in [2.24, 2.45) is 11.3 Å². The minimum absolute atomic E-state index is 0.116. The standard InChI is InChI=1S/C9H15NO3/c1-8(7(12)10-2)3-5-4-9(5,13)6(8)11/h5-6,11,13H,3-4H2,1-2H3,(H,10,12)/t5-,6+,8?,9-/m0/s1. The van der Waals surface area contributed by atoms with E-state index >= 15 is 0 Å². The Labute approximate surface area is 76.9 Å². The first kappa shape index (κ1) is 8.97. The number of aliphatic hydroxyl groups is 2. The van der Waals surface area contributed by atoms with Crippen LogP contribution in [0.25, 0.3) is 0 Å². The summed E-state index contributed by atoms with van der Waals surface area (Å²) in [6.45, 7) is 1.71. The quantitative estimate of drug-likeness (QED) is 0.503. The van der Waals surface area contributed by atoms with E-state index in [0.717, 1.165) is 0 Å². The lowest BCUT2D eigenvalue weighted by molar-refractivity contribution is -0.139. The van der Waals surface area contributed by atoms with E-state index in [1.807, 2.05) is 0 Å². The fourth-order valence-electron chi connectivity index (χ4n) is 2.60. The predicted octanol–water partition coefficient (Wildman–Crippen LogP) is -0.746. The molecule has 1 amide bonds. The topological polar surface area (TPSA) is 69.6 Å². The van der Waals surface area contributed by atoms with Crippen molar-refractivity contribution in [1.29, 1.82) is 0 Å². The van der Waals surface area contributed by atoms with E-state index in [0.29, 0.717) is 12.8 Å². The summed E-state index contributed by atoms with van der Waals surface area (Å²) in [5.74, 6) is -0.0644. The maximum Gasteiger partial charge on any atom is 0.228 e. The molecule has 4 nitrogen and oxygen atoms in total. The van der Waals surface area contributed by atoms with Crippen LogP contribution >= 0.6 is 0 Å². The van der Waals surface area contributed by atoms with E-state index in [4.69, 9.17) is 0 Å². The van der Waals surface area contributed by atoms with Crippen LogP contribution in [0.1, 0.15) is 19.8 Å². The van der Waals surface area contributed by atoms with Crippen molar-refractivity contribution in [2.75, 3.05) is 7.05 Å². The minimum Gasteiger partial charge on any atom is -0.389 e. The van der Waals surface area contributed by atoms with Gasteiger partial charge in [0.05, 0.1) is 17.1 Å². The second kappa shape index (κ2) is 2.25. The molecule has 0 saturated heterocycles. The van der Waals surface area contributed by atoms with Gasteiger partial charge in [0.15, 0.2) is 0 Å². The fourth-order valence-corrected chi connectivity index (χ4v) is 2.60. The highest BCUT2D eigenvalue weighted by molar-refractivity contribution is 5.83. The lowest BCUT2D eigenvalue weighted by Crippen LogP contribution is -2.47. The zero-order valence-corrected chi connectivity index (χ0v) is 7.87. The molecule has 0 aromatic carbocycles. The number of hydrogen-bond donors (Lipinski definition) is 3. The molecule has 2 saturated carbocycles. The molecule has 2 fully saturated rings. The van der Waals surface area contributed by atoms with Crippen LogP contribution in [0.3, 0.4) is 0 Å². The van der Waals surface area contributed by atoms with Crippen molar-refractivity contribution in [2.45, 2.75) is 31.5 Å². The molecule has 2 aliphatic rings. The van der Waals surface area contributed by atoms with Gasteiger partial charge in [-0.15, -0.1) is 0 Å². The maximum absolute atomic E-state index is 11.5. The minimum atomic E-state index is -0.971. The van der Waals surface area contributed by atoms with Crippen molar-refractivity contribution < 1.29 is 15.0 Å². The smallest absolute Gasteiger partial charge is 0.228 e. The van der Waals surface area contributed by atoms with Crippen molar-refractivity contribution >= 4 is 5.91 Å². The Bertz CT molecular complexity index is 268. The summed E-state index contributed by atoms with van der Waals surface area (Å²) in [5, 5.41) is 22.1. The van der Waals surface area contributed by atoms with Crippen LogP contribution in [0.2, 0.25) is 0 Å². The van der Waals surface area contributed by atoms with Crippen molar-refractivity contribution in [3.05, 3.63) is 0 Å². The number of nitrogens with one attached hydrogen (secondary N) is 1. The van der Waals surface area contributed by atoms with E-state index < -0.39 is 17.1 Å². The first-order chi connectivity index (χ1) is 5.95. The molecule has 3 N–H and O–H groups in total. The molecule has 0 heterocycles. The molecule has 0 aromatic heterocycles. The Hall–Kier alpha value is -0.610. The summed E-state index contributed by atoms with van der Waals surface area (Å²) in [5.41, 5.74) is -1.77. The van der Waals surface area contributed by atoms with Gasteiger partial charge in [0.2, 0.25) is 5.91 Å². The number of fused-ring (bicyclic) bond motifs is 1. The number of carbonyl (C=O) groups excluding carboxylic acids is 1. The summed E-state index contributed by atoms with van der Waals surface area (Å²) < 4.78 is 0. The zero-order chi connectivity index (χ0) is 9.85. The van der Waals surface area contributed by atoms with E-state index in [1.54, 1.807) is 14.0 Å². The summed E-state index contributed by atoms with van der Waals surface area (Å²) in [7, 11) is 1.55. The molecule has 0 spiro atoms. The highest BCUT2D eigenvalue weighted by Crippen LogP contribution is 2.62. The summed E-state index contributed by atoms with van der Waals surface area (Å²) >= 11 is 0. The molecule has 4 heteroatoms. The average molecular weight is 185 g/mol. The van der Waals surface area contributed by atoms with Crippen molar-refractivity contribution in [3.63, 3.8) is 0 Å². The molecule has 0 bridgehead atoms. The molecule has 13 heavy (non-hydrogen) atoms. The number of amides is 1. The largest absolute Gasteiger partial charge is 0.389 e. The monoisotopic (exact) mass is 185 g/mol. The van der Waals surface area contributed by atoms with Gasteiger partial charge >= 0.3 is 0 Å². The zero-order valence-electron chi connectivity index (χ0n) is 7.87. The fraction of sp³-hybridized carbons (Fsp3) is 0.889. The summed E-state index contributed by atoms with van der Waals surface area (Å²) in [6, 6.07) is 0. The summed E-state index contributed by atoms with van der Waals surface area (Å²) in [6.07, 6.45) is 0.315. The van der Waals surface area contributed by atoms with Crippen LogP contribution in [-0.4, -0.2) is 34.9 Å². The van der Waals surface area contributed by atoms with Crippen molar-refractivity contribution in [1.82, 2.24) is 5.32 Å². The lowest BCUT2D eigenvalue weighted by atomic mass is 9.81. The third-order valence-corrected chi connectivity index (χ3v) is 3.61. The third kappa shape index (κ3) is 0.901. The Morgan fingerprint density at radius 2 is 2.15 bits per heavy atom. The van der Waals surface area contributed by atoms with Crippen LogP contribution in [0, 0.1) is 11.3 Å². The van der Waals surface area contributed by atoms with Crippen LogP contribution in [0.15, 0.2) is 0 Å². The first-order valence-electron chi connectivity index (χ1n) is 4.58. The SMILES string of the molecule is CNC(=O)C1(C)C[C@H]2C[C@@]2(O)[C@@H]1O. The van der Waals surface area contributed by atoms with Gasteiger partial charge in [-0.3, -0.25) is 4.79 Å². The molecule has 4 atom stereocenters. The van der Waals surface area contributed by atoms with Gasteiger partial charge in [-0.05, 0) is 25.7 Å². The molecular weight excluding hydrogens is 170 g/mol. The Balaban J connectivity index is 2.23. The molecule has 1 unspecified atom stereocenters. The average Bonchev–Trinajstić information content (AvgIpc) is 2.69. The highest BCUT2D eigenvalue weighted by atomic mass is 16.4. The van der Waals surface area contributed by atoms with Crippen LogP contribution in [0.5, 0.6) is 0 Å². The molecule has 2 rings (SSSR count). The number of rotatable bonds is 1. The third-order valence-electron chi connectivity index (χ3n) is 3.61. The molecule has 2 aliphatic carbocycles. The number of hydrogen-bond acceptors (Lipinski definition) is 3. The molecule has 0 aliphatic heterocycles. The second-order valence-corrected chi connectivity index (χ2v) is 4.50. The van der Waals surface area contributed by atoms with Crippen LogP contribution in [-0.2, 0) is 4.79 Å². The van der Waals surface area contributed by atoms with Gasteiger partial charge in [-0.25, -0.2) is 0 Å². The van der Waals surface area contributed by atoms with Gasteiger partial charge in [0.1, 0.15) is 0 Å². The Morgan fingerprint density at radius 1 is 1.54 bits per heavy atom. The van der Waals surface area contributed by atoms with Crippen molar-refractivity contribution in [3.8, 4) is 0 Å². The highest BCUT2D eigenvalue weighted by Gasteiger charge is 2.71.